The van der Waals surface area contributed by atoms with Gasteiger partial charge >= 0.3 is 0 Å². The van der Waals surface area contributed by atoms with E-state index in [1.165, 1.54) is 24.9 Å². The van der Waals surface area contributed by atoms with Crippen molar-refractivity contribution in [3.8, 4) is 0 Å². The zero-order chi connectivity index (χ0) is 11.0. The lowest BCUT2D eigenvalue weighted by Gasteiger charge is -2.17. The molecule has 0 aromatic carbocycles. The first-order valence-corrected chi connectivity index (χ1v) is 8.28. The Morgan fingerprint density at radius 1 is 0.929 bits per heavy atom. The summed E-state index contributed by atoms with van der Waals surface area (Å²) in [5.41, 5.74) is 0. The van der Waals surface area contributed by atoms with E-state index < -0.39 is 9.04 Å². The fourth-order valence-electron chi connectivity index (χ4n) is 1.59. The van der Waals surface area contributed by atoms with Crippen molar-refractivity contribution < 1.29 is 4.43 Å². The minimum atomic E-state index is -0.846. The molecule has 0 fully saturated rings. The van der Waals surface area contributed by atoms with E-state index in [9.17, 15) is 0 Å². The molecular formula is C12H28OSi. The Morgan fingerprint density at radius 2 is 1.36 bits per heavy atom. The van der Waals surface area contributed by atoms with E-state index >= 15 is 0 Å². The van der Waals surface area contributed by atoms with E-state index in [0.29, 0.717) is 0 Å². The Bertz CT molecular complexity index is 111. The van der Waals surface area contributed by atoms with Crippen molar-refractivity contribution in [1.82, 2.24) is 0 Å². The molecule has 0 aromatic heterocycles. The van der Waals surface area contributed by atoms with Gasteiger partial charge in [-0.3, -0.25) is 0 Å². The van der Waals surface area contributed by atoms with Crippen LogP contribution in [0.2, 0.25) is 12.1 Å². The lowest BCUT2D eigenvalue weighted by molar-refractivity contribution is 0.335. The molecule has 1 nitrogen and oxygen atoms in total. The van der Waals surface area contributed by atoms with Crippen LogP contribution >= 0.6 is 0 Å². The van der Waals surface area contributed by atoms with Gasteiger partial charge in [0.2, 0.25) is 0 Å². The molecule has 0 aliphatic rings. The summed E-state index contributed by atoms with van der Waals surface area (Å²) in [6.07, 6.45) is 2.71. The van der Waals surface area contributed by atoms with Gasteiger partial charge < -0.3 is 4.43 Å². The predicted octanol–water partition coefficient (Wildman–Crippen LogP) is 3.84. The molecule has 0 saturated carbocycles. The Kier molecular flexibility index (Phi) is 8.59. The van der Waals surface area contributed by atoms with Gasteiger partial charge in [-0.25, -0.2) is 0 Å². The first kappa shape index (κ1) is 14.2. The summed E-state index contributed by atoms with van der Waals surface area (Å²) in [6.45, 7) is 12.3. The molecule has 0 aliphatic carbocycles. The summed E-state index contributed by atoms with van der Waals surface area (Å²) in [5.74, 6) is 1.68. The Balaban J connectivity index is 3.65. The second-order valence-electron chi connectivity index (χ2n) is 5.02. The highest BCUT2D eigenvalue weighted by Gasteiger charge is 2.12. The molecule has 0 N–H and O–H groups in total. The lowest BCUT2D eigenvalue weighted by atomic mass is 10.2. The highest BCUT2D eigenvalue weighted by molar-refractivity contribution is 6.51. The molecule has 0 aromatic rings. The maximum absolute atomic E-state index is 5.88. The van der Waals surface area contributed by atoms with E-state index in [0.717, 1.165) is 18.4 Å². The highest BCUT2D eigenvalue weighted by atomic mass is 28.3. The van der Waals surface area contributed by atoms with Crippen LogP contribution in [0.15, 0.2) is 0 Å². The van der Waals surface area contributed by atoms with Crippen LogP contribution in [0.4, 0.5) is 0 Å². The number of rotatable bonds is 8. The smallest absolute Gasteiger partial charge is 0.176 e. The molecule has 0 amide bonds. The van der Waals surface area contributed by atoms with Crippen molar-refractivity contribution in [2.45, 2.75) is 59.5 Å². The van der Waals surface area contributed by atoms with Crippen molar-refractivity contribution in [2.24, 2.45) is 11.8 Å². The van der Waals surface area contributed by atoms with E-state index in [1.807, 2.05) is 0 Å². The molecule has 86 valence electrons. The monoisotopic (exact) mass is 216 g/mol. The third kappa shape index (κ3) is 8.76. The SMILES string of the molecule is CCO[SiH](CCC(C)C)CCC(C)C. The zero-order valence-electron chi connectivity index (χ0n) is 10.7. The number of hydrogen-bond donors (Lipinski definition) is 0. The van der Waals surface area contributed by atoms with E-state index in [2.05, 4.69) is 34.6 Å². The van der Waals surface area contributed by atoms with Gasteiger partial charge in [0.05, 0.1) is 0 Å². The van der Waals surface area contributed by atoms with Crippen molar-refractivity contribution in [3.63, 3.8) is 0 Å². The third-order valence-electron chi connectivity index (χ3n) is 2.53. The van der Waals surface area contributed by atoms with E-state index in [-0.39, 0.29) is 0 Å². The molecule has 0 heterocycles. The average molecular weight is 216 g/mol. The molecule has 0 atom stereocenters. The molecule has 0 aliphatic heterocycles. The molecule has 0 saturated heterocycles. The van der Waals surface area contributed by atoms with Crippen molar-refractivity contribution in [3.05, 3.63) is 0 Å². The summed E-state index contributed by atoms with van der Waals surface area (Å²) >= 11 is 0. The normalized spacial score (nSPS) is 12.0. The van der Waals surface area contributed by atoms with Gasteiger partial charge in [0.25, 0.3) is 0 Å². The standard InChI is InChI=1S/C12H28OSi/c1-6-13-14(9-7-11(2)3)10-8-12(4)5/h11-12,14H,6-10H2,1-5H3. The van der Waals surface area contributed by atoms with E-state index in [1.54, 1.807) is 0 Å². The number of hydrogen-bond acceptors (Lipinski definition) is 1. The van der Waals surface area contributed by atoms with Crippen LogP contribution in [-0.4, -0.2) is 15.6 Å². The quantitative estimate of drug-likeness (QED) is 0.560. The fraction of sp³-hybridized carbons (Fsp3) is 1.00. The minimum Gasteiger partial charge on any atom is -0.420 e. The first-order chi connectivity index (χ1) is 6.56. The summed E-state index contributed by atoms with van der Waals surface area (Å²) in [5, 5.41) is 0. The van der Waals surface area contributed by atoms with Crippen LogP contribution in [0.5, 0.6) is 0 Å². The minimum absolute atomic E-state index is 0.838. The first-order valence-electron chi connectivity index (χ1n) is 6.17. The van der Waals surface area contributed by atoms with Crippen LogP contribution in [0, 0.1) is 11.8 Å². The van der Waals surface area contributed by atoms with Gasteiger partial charge in [0.15, 0.2) is 9.04 Å². The van der Waals surface area contributed by atoms with Crippen molar-refractivity contribution in [2.75, 3.05) is 6.61 Å². The molecule has 2 heteroatoms. The fourth-order valence-corrected chi connectivity index (χ4v) is 4.76. The van der Waals surface area contributed by atoms with Crippen LogP contribution in [0.3, 0.4) is 0 Å². The molecular weight excluding hydrogens is 188 g/mol. The van der Waals surface area contributed by atoms with Crippen LogP contribution in [-0.2, 0) is 4.43 Å². The average Bonchev–Trinajstić information content (AvgIpc) is 2.09. The summed E-state index contributed by atoms with van der Waals surface area (Å²) < 4.78 is 5.88. The van der Waals surface area contributed by atoms with Gasteiger partial charge in [0.1, 0.15) is 0 Å². The largest absolute Gasteiger partial charge is 0.420 e. The molecule has 0 unspecified atom stereocenters. The van der Waals surface area contributed by atoms with E-state index in [4.69, 9.17) is 4.43 Å². The Hall–Kier alpha value is 0.177. The van der Waals surface area contributed by atoms with Gasteiger partial charge in [0, 0.05) is 6.61 Å². The molecule has 0 bridgehead atoms. The highest BCUT2D eigenvalue weighted by Crippen LogP contribution is 2.15. The second kappa shape index (κ2) is 8.48. The van der Waals surface area contributed by atoms with Crippen LogP contribution < -0.4 is 0 Å². The predicted molar refractivity (Wildman–Crippen MR) is 67.3 cm³/mol. The van der Waals surface area contributed by atoms with Gasteiger partial charge in [-0.1, -0.05) is 40.5 Å². The van der Waals surface area contributed by atoms with Crippen molar-refractivity contribution in [1.29, 1.82) is 0 Å². The van der Waals surface area contributed by atoms with Gasteiger partial charge in [-0.05, 0) is 30.8 Å². The maximum atomic E-state index is 5.88. The second-order valence-corrected chi connectivity index (χ2v) is 7.75. The summed E-state index contributed by atoms with van der Waals surface area (Å²) in [7, 11) is -0.846. The Morgan fingerprint density at radius 3 is 1.64 bits per heavy atom. The molecule has 14 heavy (non-hydrogen) atoms. The van der Waals surface area contributed by atoms with Crippen LogP contribution in [0.25, 0.3) is 0 Å². The topological polar surface area (TPSA) is 9.23 Å². The van der Waals surface area contributed by atoms with Gasteiger partial charge in [-0.2, -0.15) is 0 Å². The molecule has 0 radical (unpaired) electrons. The van der Waals surface area contributed by atoms with Crippen LogP contribution in [0.1, 0.15) is 47.5 Å². The Labute approximate surface area is 92.0 Å². The summed E-state index contributed by atoms with van der Waals surface area (Å²) in [4.78, 5) is 0. The maximum Gasteiger partial charge on any atom is 0.176 e. The molecule has 0 rings (SSSR count). The summed E-state index contributed by atoms with van der Waals surface area (Å²) in [6, 6.07) is 2.75. The van der Waals surface area contributed by atoms with Crippen molar-refractivity contribution >= 4 is 9.04 Å². The molecule has 0 spiro atoms. The third-order valence-corrected chi connectivity index (χ3v) is 5.29. The van der Waals surface area contributed by atoms with Gasteiger partial charge in [-0.15, -0.1) is 0 Å². The lowest BCUT2D eigenvalue weighted by Crippen LogP contribution is -2.19. The zero-order valence-corrected chi connectivity index (χ0v) is 11.8.